The minimum Gasteiger partial charge on any atom is -0.497 e. The monoisotopic (exact) mass is 470 g/mol. The number of hydrazine groups is 1. The van der Waals surface area contributed by atoms with Crippen LogP contribution in [0.2, 0.25) is 0 Å². The zero-order valence-corrected chi connectivity index (χ0v) is 18.9. The summed E-state index contributed by atoms with van der Waals surface area (Å²) in [6.07, 6.45) is 1.62. The highest BCUT2D eigenvalue weighted by molar-refractivity contribution is 6.02. The van der Waals surface area contributed by atoms with Gasteiger partial charge in [-0.15, -0.1) is 0 Å². The van der Waals surface area contributed by atoms with Crippen LogP contribution in [0, 0.1) is 0 Å². The predicted octanol–water partition coefficient (Wildman–Crippen LogP) is 3.39. The molecule has 0 bridgehead atoms. The highest BCUT2D eigenvalue weighted by Crippen LogP contribution is 2.31. The fraction of sp³-hybridized carbons (Fsp3) is 0.115. The first-order valence-corrected chi connectivity index (χ1v) is 10.9. The molecule has 9 nitrogen and oxygen atoms in total. The lowest BCUT2D eigenvalue weighted by atomic mass is 10.1. The van der Waals surface area contributed by atoms with E-state index in [1.807, 2.05) is 48.5 Å². The van der Waals surface area contributed by atoms with Crippen LogP contribution in [-0.4, -0.2) is 41.9 Å². The molecule has 176 valence electrons. The van der Waals surface area contributed by atoms with E-state index in [0.29, 0.717) is 47.3 Å². The van der Waals surface area contributed by atoms with Crippen LogP contribution in [-0.2, 0) is 0 Å². The highest BCUT2D eigenvalue weighted by Gasteiger charge is 2.21. The molecule has 0 aliphatic carbocycles. The Morgan fingerprint density at radius 3 is 2.46 bits per heavy atom. The van der Waals surface area contributed by atoms with Gasteiger partial charge in [-0.25, -0.2) is 4.68 Å². The molecule has 1 aliphatic rings. The van der Waals surface area contributed by atoms with Crippen molar-refractivity contribution in [1.82, 2.24) is 20.6 Å². The molecule has 9 heteroatoms. The molecule has 0 spiro atoms. The van der Waals surface area contributed by atoms with E-state index in [4.69, 9.17) is 14.2 Å². The second-order valence-corrected chi connectivity index (χ2v) is 7.67. The fourth-order valence-electron chi connectivity index (χ4n) is 3.67. The van der Waals surface area contributed by atoms with Crippen LogP contribution in [0.3, 0.4) is 0 Å². The van der Waals surface area contributed by atoms with E-state index in [0.717, 1.165) is 5.69 Å². The van der Waals surface area contributed by atoms with Crippen molar-refractivity contribution in [3.05, 3.63) is 90.1 Å². The summed E-state index contributed by atoms with van der Waals surface area (Å²) in [5.41, 5.74) is 7.48. The Bertz CT molecular complexity index is 1380. The van der Waals surface area contributed by atoms with Crippen LogP contribution >= 0.6 is 0 Å². The predicted molar refractivity (Wildman–Crippen MR) is 128 cm³/mol. The molecular formula is C26H22N4O5. The molecule has 0 saturated carbocycles. The Morgan fingerprint density at radius 1 is 0.886 bits per heavy atom. The third kappa shape index (κ3) is 4.65. The molecule has 0 saturated heterocycles. The molecule has 2 N–H and O–H groups in total. The lowest BCUT2D eigenvalue weighted by Gasteiger charge is -2.18. The quantitative estimate of drug-likeness (QED) is 0.434. The first kappa shape index (κ1) is 22.0. The summed E-state index contributed by atoms with van der Waals surface area (Å²) in [6.45, 7) is 0.869. The Kier molecular flexibility index (Phi) is 6.04. The van der Waals surface area contributed by atoms with E-state index in [-0.39, 0.29) is 5.56 Å². The normalized spacial score (nSPS) is 12.0. The van der Waals surface area contributed by atoms with E-state index in [9.17, 15) is 9.59 Å². The molecule has 0 fully saturated rings. The second-order valence-electron chi connectivity index (χ2n) is 7.67. The summed E-state index contributed by atoms with van der Waals surface area (Å²) < 4.78 is 17.9. The number of aromatic nitrogens is 2. The molecule has 2 amide bonds. The van der Waals surface area contributed by atoms with E-state index in [1.54, 1.807) is 42.3 Å². The summed E-state index contributed by atoms with van der Waals surface area (Å²) in [6, 6.07) is 21.5. The van der Waals surface area contributed by atoms with Crippen LogP contribution in [0.5, 0.6) is 17.2 Å². The zero-order chi connectivity index (χ0) is 24.2. The Hall–Kier alpha value is -4.79. The fourth-order valence-corrected chi connectivity index (χ4v) is 3.67. The van der Waals surface area contributed by atoms with E-state index in [2.05, 4.69) is 16.0 Å². The molecule has 0 atom stereocenters. The average molecular weight is 470 g/mol. The summed E-state index contributed by atoms with van der Waals surface area (Å²) in [5.74, 6) is 0.687. The van der Waals surface area contributed by atoms with Gasteiger partial charge in [0.2, 0.25) is 0 Å². The Labute approximate surface area is 201 Å². The lowest BCUT2D eigenvalue weighted by Crippen LogP contribution is -2.41. The van der Waals surface area contributed by atoms with Crippen molar-refractivity contribution >= 4 is 11.8 Å². The van der Waals surface area contributed by atoms with Crippen LogP contribution in [0.1, 0.15) is 20.7 Å². The largest absolute Gasteiger partial charge is 0.497 e. The number of rotatable bonds is 5. The summed E-state index contributed by atoms with van der Waals surface area (Å²) >= 11 is 0. The number of amides is 2. The van der Waals surface area contributed by atoms with Gasteiger partial charge in [-0.3, -0.25) is 20.4 Å². The number of hydrogen-bond acceptors (Lipinski definition) is 6. The first-order chi connectivity index (χ1) is 17.1. The molecule has 0 radical (unpaired) electrons. The SMILES string of the molecule is COc1cccc(-c2nn(-c3ccccc3)cc2C(=O)NNC(=O)c2ccc3c(c2)OCCO3)c1. The number of nitrogens with zero attached hydrogens (tertiary/aromatic N) is 2. The maximum Gasteiger partial charge on any atom is 0.273 e. The van der Waals surface area contributed by atoms with E-state index in [1.165, 1.54) is 0 Å². The number of carbonyl (C=O) groups is 2. The number of ether oxygens (including phenoxy) is 3. The van der Waals surface area contributed by atoms with Gasteiger partial charge in [-0.1, -0.05) is 30.3 Å². The van der Waals surface area contributed by atoms with Gasteiger partial charge in [0.15, 0.2) is 11.5 Å². The van der Waals surface area contributed by atoms with Crippen molar-refractivity contribution in [3.63, 3.8) is 0 Å². The molecule has 1 aliphatic heterocycles. The van der Waals surface area contributed by atoms with Gasteiger partial charge in [-0.05, 0) is 42.5 Å². The molecule has 3 aromatic carbocycles. The van der Waals surface area contributed by atoms with Crippen LogP contribution in [0.25, 0.3) is 16.9 Å². The van der Waals surface area contributed by atoms with Gasteiger partial charge in [0.05, 0.1) is 18.4 Å². The number of carbonyl (C=O) groups excluding carboxylic acids is 2. The molecular weight excluding hydrogens is 448 g/mol. The molecule has 4 aromatic rings. The lowest BCUT2D eigenvalue weighted by molar-refractivity contribution is 0.0846. The number of benzene rings is 3. The molecule has 5 rings (SSSR count). The first-order valence-electron chi connectivity index (χ1n) is 10.9. The molecule has 2 heterocycles. The topological polar surface area (TPSA) is 104 Å². The van der Waals surface area contributed by atoms with Crippen LogP contribution in [0.15, 0.2) is 79.0 Å². The van der Waals surface area contributed by atoms with Crippen LogP contribution < -0.4 is 25.1 Å². The van der Waals surface area contributed by atoms with Crippen molar-refractivity contribution in [2.75, 3.05) is 20.3 Å². The summed E-state index contributed by atoms with van der Waals surface area (Å²) in [7, 11) is 1.57. The van der Waals surface area contributed by atoms with Gasteiger partial charge in [0.1, 0.15) is 24.7 Å². The minimum absolute atomic E-state index is 0.282. The van der Waals surface area contributed by atoms with E-state index >= 15 is 0 Å². The maximum atomic E-state index is 13.2. The van der Waals surface area contributed by atoms with Gasteiger partial charge in [0, 0.05) is 17.3 Å². The van der Waals surface area contributed by atoms with Crippen molar-refractivity contribution in [3.8, 4) is 34.2 Å². The average Bonchev–Trinajstić information content (AvgIpc) is 3.37. The third-order valence-electron chi connectivity index (χ3n) is 5.42. The zero-order valence-electron chi connectivity index (χ0n) is 18.9. The van der Waals surface area contributed by atoms with Gasteiger partial charge in [-0.2, -0.15) is 5.10 Å². The highest BCUT2D eigenvalue weighted by atomic mass is 16.6. The number of fused-ring (bicyclic) bond motifs is 1. The van der Waals surface area contributed by atoms with Gasteiger partial charge in [0.25, 0.3) is 11.8 Å². The number of para-hydroxylation sites is 1. The second kappa shape index (κ2) is 9.60. The third-order valence-corrected chi connectivity index (χ3v) is 5.42. The number of nitrogens with one attached hydrogen (secondary N) is 2. The smallest absolute Gasteiger partial charge is 0.273 e. The van der Waals surface area contributed by atoms with Crippen molar-refractivity contribution in [2.45, 2.75) is 0 Å². The number of hydrogen-bond donors (Lipinski definition) is 2. The maximum absolute atomic E-state index is 13.2. The van der Waals surface area contributed by atoms with Gasteiger partial charge < -0.3 is 14.2 Å². The van der Waals surface area contributed by atoms with E-state index < -0.39 is 11.8 Å². The Balaban J connectivity index is 1.40. The summed E-state index contributed by atoms with van der Waals surface area (Å²) in [5, 5.41) is 4.64. The van der Waals surface area contributed by atoms with Gasteiger partial charge >= 0.3 is 0 Å². The molecule has 35 heavy (non-hydrogen) atoms. The molecule has 1 aromatic heterocycles. The Morgan fingerprint density at radius 2 is 1.66 bits per heavy atom. The molecule has 0 unspecified atom stereocenters. The van der Waals surface area contributed by atoms with Crippen LogP contribution in [0.4, 0.5) is 0 Å². The number of methoxy groups -OCH3 is 1. The standard InChI is InChI=1S/C26H22N4O5/c1-33-20-9-5-6-17(14-20)24-21(16-30(29-24)19-7-3-2-4-8-19)26(32)28-27-25(31)18-10-11-22-23(15-18)35-13-12-34-22/h2-11,14-16H,12-13H2,1H3,(H,27,31)(H,28,32). The van der Waals surface area contributed by atoms with Crippen molar-refractivity contribution in [2.24, 2.45) is 0 Å². The van der Waals surface area contributed by atoms with Crippen molar-refractivity contribution in [1.29, 1.82) is 0 Å². The van der Waals surface area contributed by atoms with Crippen molar-refractivity contribution < 1.29 is 23.8 Å². The minimum atomic E-state index is -0.518. The summed E-state index contributed by atoms with van der Waals surface area (Å²) in [4.78, 5) is 25.8.